The van der Waals surface area contributed by atoms with Gasteiger partial charge >= 0.3 is 0 Å². The van der Waals surface area contributed by atoms with Gasteiger partial charge in [-0.05, 0) is 68.8 Å². The van der Waals surface area contributed by atoms with Gasteiger partial charge in [-0.15, -0.1) is 21.5 Å². The first kappa shape index (κ1) is 32.8. The molecule has 6 aromatic rings. The summed E-state index contributed by atoms with van der Waals surface area (Å²) in [5.41, 5.74) is 5.88. The fourth-order valence-electron chi connectivity index (χ4n) is 7.20. The smallest absolute Gasteiger partial charge is 0.254 e. The fourth-order valence-corrected chi connectivity index (χ4v) is 8.54. The van der Waals surface area contributed by atoms with E-state index >= 15 is 0 Å². The second-order valence-corrected chi connectivity index (χ2v) is 14.5. The number of benzene rings is 3. The lowest BCUT2D eigenvalue weighted by atomic mass is 9.99. The summed E-state index contributed by atoms with van der Waals surface area (Å²) in [5, 5.41) is 12.3. The van der Waals surface area contributed by atoms with E-state index in [-0.39, 0.29) is 24.1 Å². The number of aryl methyl sites for hydroxylation is 2. The Morgan fingerprint density at radius 3 is 2.35 bits per heavy atom. The minimum absolute atomic E-state index is 0.0576. The third-order valence-electron chi connectivity index (χ3n) is 9.96. The van der Waals surface area contributed by atoms with E-state index in [1.54, 1.807) is 26.9 Å². The summed E-state index contributed by atoms with van der Waals surface area (Å²) in [6.45, 7) is 11.4. The molecule has 0 spiro atoms. The van der Waals surface area contributed by atoms with Crippen molar-refractivity contribution >= 4 is 68.2 Å². The number of rotatable bonds is 5. The Morgan fingerprint density at radius 1 is 0.902 bits per heavy atom. The van der Waals surface area contributed by atoms with Crippen LogP contribution in [0, 0.1) is 20.8 Å². The van der Waals surface area contributed by atoms with Crippen LogP contribution in [0.2, 0.25) is 5.02 Å². The molecule has 8 rings (SSSR count). The molecule has 51 heavy (non-hydrogen) atoms. The molecule has 256 valence electrons. The maximum absolute atomic E-state index is 14.0. The van der Waals surface area contributed by atoms with Gasteiger partial charge in [0.15, 0.2) is 5.82 Å². The van der Waals surface area contributed by atoms with Crippen LogP contribution in [0.1, 0.15) is 60.8 Å². The van der Waals surface area contributed by atoms with E-state index in [2.05, 4.69) is 30.6 Å². The number of fused-ring (bicyclic) bond motifs is 6. The summed E-state index contributed by atoms with van der Waals surface area (Å²) < 4.78 is 3.67. The zero-order valence-electron chi connectivity index (χ0n) is 28.4. The number of allylic oxidation sites excluding steroid dienone is 1. The van der Waals surface area contributed by atoms with E-state index in [0.717, 1.165) is 55.0 Å². The first-order valence-corrected chi connectivity index (χ1v) is 18.0. The van der Waals surface area contributed by atoms with E-state index in [4.69, 9.17) is 16.6 Å². The number of hydrogen-bond donors (Lipinski definition) is 0. The first-order chi connectivity index (χ1) is 24.6. The van der Waals surface area contributed by atoms with Gasteiger partial charge in [-0.25, -0.2) is 0 Å². The number of amides is 2. The van der Waals surface area contributed by atoms with Crippen molar-refractivity contribution in [3.8, 4) is 5.00 Å². The second kappa shape index (κ2) is 12.7. The maximum Gasteiger partial charge on any atom is 0.254 e. The second-order valence-electron chi connectivity index (χ2n) is 12.9. The molecular weight excluding hydrogens is 682 g/mol. The molecule has 0 aliphatic carbocycles. The van der Waals surface area contributed by atoms with Crippen LogP contribution in [0.4, 0.5) is 0 Å². The minimum atomic E-state index is -0.565. The van der Waals surface area contributed by atoms with Crippen LogP contribution in [0.15, 0.2) is 84.4 Å². The van der Waals surface area contributed by atoms with Crippen LogP contribution >= 0.6 is 22.9 Å². The Labute approximate surface area is 303 Å². The zero-order valence-corrected chi connectivity index (χ0v) is 30.0. The average molecular weight is 716 g/mol. The first-order valence-electron chi connectivity index (χ1n) is 16.8. The van der Waals surface area contributed by atoms with Crippen molar-refractivity contribution < 1.29 is 14.4 Å². The average Bonchev–Trinajstić information content (AvgIpc) is 3.76. The molecule has 5 heterocycles. The van der Waals surface area contributed by atoms with E-state index in [9.17, 15) is 14.4 Å². The summed E-state index contributed by atoms with van der Waals surface area (Å²) >= 11 is 7.92. The summed E-state index contributed by atoms with van der Waals surface area (Å²) in [4.78, 5) is 50.5. The highest BCUT2D eigenvalue weighted by atomic mass is 35.5. The van der Waals surface area contributed by atoms with Crippen LogP contribution in [0.3, 0.4) is 0 Å². The van der Waals surface area contributed by atoms with Crippen molar-refractivity contribution in [2.45, 2.75) is 33.2 Å². The number of aliphatic imine (C=N–C) groups is 1. The molecule has 2 aliphatic rings. The topological polar surface area (TPSA) is 106 Å². The number of halogens is 1. The van der Waals surface area contributed by atoms with Crippen LogP contribution in [-0.4, -0.2) is 78.7 Å². The van der Waals surface area contributed by atoms with Gasteiger partial charge in [0.2, 0.25) is 5.91 Å². The Balaban J connectivity index is 1.04. The van der Waals surface area contributed by atoms with Gasteiger partial charge in [0.1, 0.15) is 16.9 Å². The highest BCUT2D eigenvalue weighted by molar-refractivity contribution is 7.15. The lowest BCUT2D eigenvalue weighted by Gasteiger charge is -2.35. The van der Waals surface area contributed by atoms with Gasteiger partial charge in [0.05, 0.1) is 23.2 Å². The third kappa shape index (κ3) is 5.48. The van der Waals surface area contributed by atoms with Gasteiger partial charge in [-0.3, -0.25) is 28.5 Å². The standard InChI is InChI=1S/C39H34ClN7O3S/c1-5-33(48)47-31-9-7-6-8-28(31)29-20-26(12-15-32(29)47)38(50)45-18-16-44(17-19-45)34(49)21-30-37-43-42-24(4)46(37)39-35(22(2)23(3)51-39)36(41-30)25-10-13-27(40)14-11-25/h5-15,20,30H,1,16-19,21H2,2-4H3/t30-/m0/s1. The molecule has 0 saturated carbocycles. The molecule has 1 atom stereocenters. The van der Waals surface area contributed by atoms with Crippen molar-refractivity contribution in [3.05, 3.63) is 123 Å². The monoisotopic (exact) mass is 715 g/mol. The van der Waals surface area contributed by atoms with Crippen LogP contribution in [-0.2, 0) is 4.79 Å². The number of nitrogens with zero attached hydrogens (tertiary/aromatic N) is 7. The van der Waals surface area contributed by atoms with Crippen molar-refractivity contribution in [3.63, 3.8) is 0 Å². The van der Waals surface area contributed by atoms with Crippen LogP contribution < -0.4 is 0 Å². The lowest BCUT2D eigenvalue weighted by molar-refractivity contribution is -0.133. The highest BCUT2D eigenvalue weighted by Crippen LogP contribution is 2.40. The number of thiophene rings is 1. The van der Waals surface area contributed by atoms with E-state index in [0.29, 0.717) is 42.6 Å². The van der Waals surface area contributed by atoms with E-state index in [1.165, 1.54) is 11.0 Å². The SMILES string of the molecule is C=CC(=O)n1c2ccccc2c2cc(C(=O)N3CCN(C(=O)C[C@@H]4N=C(c5ccc(Cl)cc5)c5c(sc(C)c5C)-n5c(C)nnc54)CC3)ccc21. The number of hydrogen-bond acceptors (Lipinski definition) is 7. The predicted octanol–water partition coefficient (Wildman–Crippen LogP) is 7.11. The van der Waals surface area contributed by atoms with Gasteiger partial charge in [0, 0.05) is 63.5 Å². The summed E-state index contributed by atoms with van der Waals surface area (Å²) in [5.74, 6) is 0.968. The van der Waals surface area contributed by atoms with Crippen molar-refractivity contribution in [1.82, 2.24) is 29.1 Å². The predicted molar refractivity (Wildman–Crippen MR) is 201 cm³/mol. The molecule has 0 N–H and O–H groups in total. The molecular formula is C39H34ClN7O3S. The van der Waals surface area contributed by atoms with Gasteiger partial charge in [-0.2, -0.15) is 0 Å². The number of para-hydroxylation sites is 1. The van der Waals surface area contributed by atoms with Crippen molar-refractivity contribution in [1.29, 1.82) is 0 Å². The molecule has 10 nitrogen and oxygen atoms in total. The molecule has 2 aliphatic heterocycles. The molecule has 0 radical (unpaired) electrons. The number of piperazine rings is 1. The maximum atomic E-state index is 14.0. The zero-order chi connectivity index (χ0) is 35.6. The van der Waals surface area contributed by atoms with Crippen LogP contribution in [0.5, 0.6) is 0 Å². The van der Waals surface area contributed by atoms with Gasteiger partial charge in [-0.1, -0.05) is 48.5 Å². The molecule has 0 bridgehead atoms. The van der Waals surface area contributed by atoms with Crippen molar-refractivity contribution in [2.24, 2.45) is 4.99 Å². The molecule has 2 amide bonds. The molecule has 1 fully saturated rings. The van der Waals surface area contributed by atoms with Crippen molar-refractivity contribution in [2.75, 3.05) is 26.2 Å². The van der Waals surface area contributed by atoms with Gasteiger partial charge < -0.3 is 9.80 Å². The number of carbonyl (C=O) groups excluding carboxylic acids is 3. The van der Waals surface area contributed by atoms with E-state index in [1.807, 2.05) is 77.1 Å². The van der Waals surface area contributed by atoms with Crippen LogP contribution in [0.25, 0.3) is 26.8 Å². The Hall–Kier alpha value is -5.39. The number of carbonyl (C=O) groups is 3. The summed E-state index contributed by atoms with van der Waals surface area (Å²) in [7, 11) is 0. The molecule has 3 aromatic carbocycles. The third-order valence-corrected chi connectivity index (χ3v) is 11.4. The van der Waals surface area contributed by atoms with E-state index < -0.39 is 6.04 Å². The normalized spacial score (nSPS) is 15.8. The quantitative estimate of drug-likeness (QED) is 0.177. The summed E-state index contributed by atoms with van der Waals surface area (Å²) in [6.07, 6.45) is 1.40. The fraction of sp³-hybridized carbons (Fsp3) is 0.231. The van der Waals surface area contributed by atoms with Gasteiger partial charge in [0.25, 0.3) is 11.8 Å². The molecule has 3 aromatic heterocycles. The Morgan fingerprint density at radius 2 is 1.61 bits per heavy atom. The molecule has 12 heteroatoms. The minimum Gasteiger partial charge on any atom is -0.339 e. The number of aromatic nitrogens is 4. The highest BCUT2D eigenvalue weighted by Gasteiger charge is 2.34. The Bertz CT molecular complexity index is 2450. The largest absolute Gasteiger partial charge is 0.339 e. The Kier molecular flexibility index (Phi) is 8.19. The lowest BCUT2D eigenvalue weighted by Crippen LogP contribution is -2.50. The molecule has 0 unspecified atom stereocenters. The summed E-state index contributed by atoms with van der Waals surface area (Å²) in [6, 6.07) is 20.1. The molecule has 1 saturated heterocycles.